The zero-order chi connectivity index (χ0) is 14.4. The monoisotopic (exact) mass is 266 g/mol. The molecule has 1 aromatic carbocycles. The third-order valence-corrected chi connectivity index (χ3v) is 2.86. The molecular formula is C17H18N2O. The summed E-state index contributed by atoms with van der Waals surface area (Å²) in [6.45, 7) is 4.92. The van der Waals surface area contributed by atoms with E-state index in [1.165, 1.54) is 0 Å². The Morgan fingerprint density at radius 3 is 2.75 bits per heavy atom. The molecule has 2 N–H and O–H groups in total. The summed E-state index contributed by atoms with van der Waals surface area (Å²) < 4.78 is 5.77. The lowest BCUT2D eigenvalue weighted by atomic mass is 10.1. The van der Waals surface area contributed by atoms with Gasteiger partial charge >= 0.3 is 0 Å². The predicted molar refractivity (Wildman–Crippen MR) is 80.4 cm³/mol. The van der Waals surface area contributed by atoms with E-state index in [1.807, 2.05) is 44.4 Å². The molecule has 0 aliphatic rings. The summed E-state index contributed by atoms with van der Waals surface area (Å²) in [5.74, 6) is 6.73. The molecule has 0 aliphatic carbocycles. The first-order valence-corrected chi connectivity index (χ1v) is 6.52. The van der Waals surface area contributed by atoms with Crippen LogP contribution in [0.15, 0.2) is 36.7 Å². The van der Waals surface area contributed by atoms with Gasteiger partial charge in [-0.1, -0.05) is 11.8 Å². The molecule has 0 amide bonds. The number of nitrogens with two attached hydrogens (primary N) is 1. The SMILES string of the molecule is Cc1cncc(COc2ccc(C#CCN)c(C)c2)c1. The Hall–Kier alpha value is -2.31. The van der Waals surface area contributed by atoms with Crippen LogP contribution >= 0.6 is 0 Å². The van der Waals surface area contributed by atoms with E-state index < -0.39 is 0 Å². The fourth-order valence-electron chi connectivity index (χ4n) is 1.88. The van der Waals surface area contributed by atoms with E-state index in [2.05, 4.69) is 22.9 Å². The lowest BCUT2D eigenvalue weighted by molar-refractivity contribution is 0.305. The Morgan fingerprint density at radius 1 is 1.20 bits per heavy atom. The van der Waals surface area contributed by atoms with Gasteiger partial charge in [0.15, 0.2) is 0 Å². The van der Waals surface area contributed by atoms with Gasteiger partial charge in [0.05, 0.1) is 6.54 Å². The molecule has 1 heterocycles. The van der Waals surface area contributed by atoms with Crippen LogP contribution in [0.2, 0.25) is 0 Å². The van der Waals surface area contributed by atoms with E-state index in [1.54, 1.807) is 0 Å². The first-order valence-electron chi connectivity index (χ1n) is 6.52. The average Bonchev–Trinajstić information content (AvgIpc) is 2.44. The minimum atomic E-state index is 0.373. The van der Waals surface area contributed by atoms with Gasteiger partial charge in [-0.15, -0.1) is 0 Å². The number of hydrogen-bond donors (Lipinski definition) is 1. The zero-order valence-corrected chi connectivity index (χ0v) is 11.8. The first kappa shape index (κ1) is 14.1. The average molecular weight is 266 g/mol. The summed E-state index contributed by atoms with van der Waals surface area (Å²) in [6, 6.07) is 7.95. The van der Waals surface area contributed by atoms with E-state index in [9.17, 15) is 0 Å². The Balaban J connectivity index is 2.05. The highest BCUT2D eigenvalue weighted by Gasteiger charge is 2.00. The number of ether oxygens (including phenoxy) is 1. The van der Waals surface area contributed by atoms with Gasteiger partial charge < -0.3 is 10.5 Å². The molecule has 102 valence electrons. The summed E-state index contributed by atoms with van der Waals surface area (Å²) in [4.78, 5) is 4.15. The number of aryl methyl sites for hydroxylation is 2. The van der Waals surface area contributed by atoms with Gasteiger partial charge in [0.25, 0.3) is 0 Å². The second kappa shape index (κ2) is 6.74. The zero-order valence-electron chi connectivity index (χ0n) is 11.8. The highest BCUT2D eigenvalue weighted by atomic mass is 16.5. The molecule has 2 aromatic rings. The Kier molecular flexibility index (Phi) is 4.75. The first-order chi connectivity index (χ1) is 9.69. The number of nitrogens with zero attached hydrogens (tertiary/aromatic N) is 1. The van der Waals surface area contributed by atoms with Crippen LogP contribution in [-0.4, -0.2) is 11.5 Å². The van der Waals surface area contributed by atoms with Gasteiger partial charge in [0.1, 0.15) is 12.4 Å². The molecular weight excluding hydrogens is 248 g/mol. The fourth-order valence-corrected chi connectivity index (χ4v) is 1.88. The maximum absolute atomic E-state index is 5.77. The van der Waals surface area contributed by atoms with Crippen LogP contribution in [0.3, 0.4) is 0 Å². The minimum absolute atomic E-state index is 0.373. The van der Waals surface area contributed by atoms with Crippen molar-refractivity contribution in [1.82, 2.24) is 4.98 Å². The van der Waals surface area contributed by atoms with Crippen LogP contribution in [0.5, 0.6) is 5.75 Å². The molecule has 0 saturated carbocycles. The van der Waals surface area contributed by atoms with Crippen LogP contribution in [0.25, 0.3) is 0 Å². The summed E-state index contributed by atoms with van der Waals surface area (Å²) in [6.07, 6.45) is 3.65. The second-order valence-corrected chi connectivity index (χ2v) is 4.64. The van der Waals surface area contributed by atoms with Crippen molar-refractivity contribution >= 4 is 0 Å². The van der Waals surface area contributed by atoms with Crippen molar-refractivity contribution in [2.45, 2.75) is 20.5 Å². The molecule has 3 heteroatoms. The number of hydrogen-bond acceptors (Lipinski definition) is 3. The van der Waals surface area contributed by atoms with E-state index >= 15 is 0 Å². The lowest BCUT2D eigenvalue weighted by Crippen LogP contribution is -1.97. The maximum atomic E-state index is 5.77. The number of rotatable bonds is 3. The van der Waals surface area contributed by atoms with E-state index in [-0.39, 0.29) is 0 Å². The highest BCUT2D eigenvalue weighted by molar-refractivity contribution is 5.44. The van der Waals surface area contributed by atoms with Crippen molar-refractivity contribution in [2.75, 3.05) is 6.54 Å². The molecule has 20 heavy (non-hydrogen) atoms. The number of aromatic nitrogens is 1. The van der Waals surface area contributed by atoms with E-state index in [4.69, 9.17) is 10.5 Å². The standard InChI is InChI=1S/C17H18N2O/c1-13-8-15(11-19-10-13)12-20-17-6-5-16(4-3-7-18)14(2)9-17/h5-6,8-11H,7,12,18H2,1-2H3. The Labute approximate surface area is 119 Å². The van der Waals surface area contributed by atoms with Gasteiger partial charge in [-0.25, -0.2) is 0 Å². The van der Waals surface area contributed by atoms with Gasteiger partial charge in [-0.05, 0) is 49.2 Å². The molecule has 0 unspecified atom stereocenters. The molecule has 0 atom stereocenters. The molecule has 0 aliphatic heterocycles. The number of benzene rings is 1. The molecule has 0 fully saturated rings. The third kappa shape index (κ3) is 3.84. The van der Waals surface area contributed by atoms with Crippen molar-refractivity contribution < 1.29 is 4.74 Å². The van der Waals surface area contributed by atoms with Crippen molar-refractivity contribution in [3.63, 3.8) is 0 Å². The Bertz CT molecular complexity index is 654. The summed E-state index contributed by atoms with van der Waals surface area (Å²) in [5.41, 5.74) is 9.65. The minimum Gasteiger partial charge on any atom is -0.489 e. The molecule has 0 bridgehead atoms. The lowest BCUT2D eigenvalue weighted by Gasteiger charge is -2.08. The molecule has 3 nitrogen and oxygen atoms in total. The maximum Gasteiger partial charge on any atom is 0.120 e. The third-order valence-electron chi connectivity index (χ3n) is 2.86. The molecule has 0 saturated heterocycles. The van der Waals surface area contributed by atoms with Gasteiger partial charge in [-0.2, -0.15) is 0 Å². The van der Waals surface area contributed by atoms with E-state index in [0.717, 1.165) is 28.0 Å². The molecule has 1 aromatic heterocycles. The second-order valence-electron chi connectivity index (χ2n) is 4.64. The quantitative estimate of drug-likeness (QED) is 0.869. The van der Waals surface area contributed by atoms with Crippen LogP contribution in [0, 0.1) is 25.7 Å². The Morgan fingerprint density at radius 2 is 2.05 bits per heavy atom. The van der Waals surface area contributed by atoms with Crippen molar-refractivity contribution in [3.05, 3.63) is 58.9 Å². The van der Waals surface area contributed by atoms with Gasteiger partial charge in [0.2, 0.25) is 0 Å². The van der Waals surface area contributed by atoms with Crippen LogP contribution in [0.4, 0.5) is 0 Å². The molecule has 0 spiro atoms. The predicted octanol–water partition coefficient (Wildman–Crippen LogP) is 2.59. The van der Waals surface area contributed by atoms with Crippen LogP contribution in [0.1, 0.15) is 22.3 Å². The van der Waals surface area contributed by atoms with E-state index in [0.29, 0.717) is 13.2 Å². The van der Waals surface area contributed by atoms with Crippen molar-refractivity contribution in [2.24, 2.45) is 5.73 Å². The van der Waals surface area contributed by atoms with Gasteiger partial charge in [-0.3, -0.25) is 4.98 Å². The topological polar surface area (TPSA) is 48.1 Å². The normalized spacial score (nSPS) is 9.75. The largest absolute Gasteiger partial charge is 0.489 e. The highest BCUT2D eigenvalue weighted by Crippen LogP contribution is 2.18. The van der Waals surface area contributed by atoms with Crippen LogP contribution in [-0.2, 0) is 6.61 Å². The van der Waals surface area contributed by atoms with Crippen LogP contribution < -0.4 is 10.5 Å². The fraction of sp³-hybridized carbons (Fsp3) is 0.235. The number of pyridine rings is 1. The smallest absolute Gasteiger partial charge is 0.120 e. The van der Waals surface area contributed by atoms with Crippen molar-refractivity contribution in [3.8, 4) is 17.6 Å². The summed E-state index contributed by atoms with van der Waals surface area (Å²) in [7, 11) is 0. The van der Waals surface area contributed by atoms with Crippen molar-refractivity contribution in [1.29, 1.82) is 0 Å². The summed E-state index contributed by atoms with van der Waals surface area (Å²) >= 11 is 0. The molecule has 0 radical (unpaired) electrons. The van der Waals surface area contributed by atoms with Gasteiger partial charge in [0, 0.05) is 23.5 Å². The summed E-state index contributed by atoms with van der Waals surface area (Å²) in [5, 5.41) is 0. The molecule has 2 rings (SSSR count).